The number of amides is 5. The average molecular weight is 646 g/mol. The molecule has 0 bridgehead atoms. The van der Waals surface area contributed by atoms with Crippen LogP contribution in [-0.2, 0) is 35.3 Å². The molecule has 0 aliphatic rings. The summed E-state index contributed by atoms with van der Waals surface area (Å²) in [6.07, 6.45) is 6.01. The van der Waals surface area contributed by atoms with Crippen molar-refractivity contribution in [1.29, 1.82) is 0 Å². The maximum absolute atomic E-state index is 13.3. The lowest BCUT2D eigenvalue weighted by atomic mass is 9.97. The Balaban J connectivity index is 2.78. The second-order valence-corrected chi connectivity index (χ2v) is 13.0. The zero-order valence-electron chi connectivity index (χ0n) is 28.5. The smallest absolute Gasteiger partial charge is 0.312 e. The quantitative estimate of drug-likeness (QED) is 0.0962. The SMILES string of the molecule is CCCC(=O)CCCCCCC(=O)N[C@H](C(=O)N[C@@H](CCCNC(N)=O)C(=O)Nc1ccc(COC(=O)C(C)(C)C)cc1)C(C)C. The molecule has 1 aromatic rings. The fourth-order valence-electron chi connectivity index (χ4n) is 4.47. The summed E-state index contributed by atoms with van der Waals surface area (Å²) in [5.74, 6) is -1.50. The van der Waals surface area contributed by atoms with Crippen LogP contribution in [0.15, 0.2) is 24.3 Å². The van der Waals surface area contributed by atoms with Gasteiger partial charge in [-0.1, -0.05) is 45.7 Å². The van der Waals surface area contributed by atoms with E-state index in [1.807, 2.05) is 20.8 Å². The number of esters is 1. The lowest BCUT2D eigenvalue weighted by Crippen LogP contribution is -2.54. The molecule has 0 heterocycles. The number of carbonyl (C=O) groups excluding carboxylic acids is 6. The molecule has 0 saturated heterocycles. The Morgan fingerprint density at radius 1 is 0.826 bits per heavy atom. The molecular formula is C34H55N5O7. The highest BCUT2D eigenvalue weighted by Crippen LogP contribution is 2.18. The van der Waals surface area contributed by atoms with Gasteiger partial charge in [-0.05, 0) is 76.5 Å². The van der Waals surface area contributed by atoms with Crippen molar-refractivity contribution in [2.45, 2.75) is 124 Å². The van der Waals surface area contributed by atoms with Gasteiger partial charge in [0.25, 0.3) is 0 Å². The topological polar surface area (TPSA) is 186 Å². The fraction of sp³-hybridized carbons (Fsp3) is 0.647. The van der Waals surface area contributed by atoms with E-state index in [9.17, 15) is 28.8 Å². The number of nitrogens with one attached hydrogen (secondary N) is 4. The van der Waals surface area contributed by atoms with Gasteiger partial charge in [-0.2, -0.15) is 0 Å². The number of carbonyl (C=O) groups is 6. The van der Waals surface area contributed by atoms with Crippen molar-refractivity contribution in [3.8, 4) is 0 Å². The maximum Gasteiger partial charge on any atom is 0.312 e. The molecule has 1 rings (SSSR count). The molecule has 46 heavy (non-hydrogen) atoms. The third-order valence-electron chi connectivity index (χ3n) is 7.21. The first-order chi connectivity index (χ1) is 21.6. The summed E-state index contributed by atoms with van der Waals surface area (Å²) in [6, 6.07) is 4.30. The molecule has 0 spiro atoms. The van der Waals surface area contributed by atoms with Gasteiger partial charge in [-0.3, -0.25) is 24.0 Å². The molecule has 0 unspecified atom stereocenters. The Bertz CT molecular complexity index is 1150. The largest absolute Gasteiger partial charge is 0.460 e. The molecular weight excluding hydrogens is 590 g/mol. The number of hydrogen-bond donors (Lipinski definition) is 5. The normalized spacial score (nSPS) is 12.5. The Morgan fingerprint density at radius 3 is 2.02 bits per heavy atom. The highest BCUT2D eigenvalue weighted by atomic mass is 16.5. The van der Waals surface area contributed by atoms with Gasteiger partial charge >= 0.3 is 12.0 Å². The van der Waals surface area contributed by atoms with Crippen LogP contribution < -0.4 is 27.0 Å². The van der Waals surface area contributed by atoms with Gasteiger partial charge < -0.3 is 31.7 Å². The van der Waals surface area contributed by atoms with E-state index in [1.165, 1.54) is 0 Å². The molecule has 258 valence electrons. The van der Waals surface area contributed by atoms with E-state index in [-0.39, 0.29) is 49.6 Å². The van der Waals surface area contributed by atoms with Crippen LogP contribution in [0.3, 0.4) is 0 Å². The highest BCUT2D eigenvalue weighted by Gasteiger charge is 2.29. The van der Waals surface area contributed by atoms with Crippen LogP contribution in [0.5, 0.6) is 0 Å². The summed E-state index contributed by atoms with van der Waals surface area (Å²) in [5, 5.41) is 10.9. The highest BCUT2D eigenvalue weighted by molar-refractivity contribution is 5.98. The molecule has 0 aromatic heterocycles. The van der Waals surface area contributed by atoms with Crippen LogP contribution in [0.2, 0.25) is 0 Å². The summed E-state index contributed by atoms with van der Waals surface area (Å²) in [5.41, 5.74) is 5.75. The molecule has 0 aliphatic carbocycles. The first-order valence-corrected chi connectivity index (χ1v) is 16.4. The van der Waals surface area contributed by atoms with Crippen molar-refractivity contribution in [2.24, 2.45) is 17.1 Å². The second-order valence-electron chi connectivity index (χ2n) is 13.0. The van der Waals surface area contributed by atoms with Crippen LogP contribution in [0.25, 0.3) is 0 Å². The van der Waals surface area contributed by atoms with E-state index >= 15 is 0 Å². The molecule has 12 nitrogen and oxygen atoms in total. The number of unbranched alkanes of at least 4 members (excludes halogenated alkanes) is 3. The lowest BCUT2D eigenvalue weighted by Gasteiger charge is -2.25. The third kappa shape index (κ3) is 16.9. The number of Topliss-reactive ketones (excluding diaryl/α,β-unsaturated/α-hetero) is 1. The molecule has 12 heteroatoms. The summed E-state index contributed by atoms with van der Waals surface area (Å²) in [7, 11) is 0. The van der Waals surface area contributed by atoms with Crippen molar-refractivity contribution in [1.82, 2.24) is 16.0 Å². The fourth-order valence-corrected chi connectivity index (χ4v) is 4.47. The maximum atomic E-state index is 13.3. The van der Waals surface area contributed by atoms with E-state index in [0.29, 0.717) is 31.4 Å². The number of urea groups is 1. The minimum absolute atomic E-state index is 0.0955. The average Bonchev–Trinajstić information content (AvgIpc) is 2.97. The Kier molecular flexibility index (Phi) is 18.2. The standard InChI is InChI=1S/C34H55N5O7/c1-7-13-26(40)14-10-8-9-11-16-28(41)39-29(23(2)3)31(43)38-27(15-12-21-36-33(35)45)30(42)37-25-19-17-24(18-20-25)22-46-32(44)34(4,5)6/h17-20,23,27,29H,7-16,21-22H2,1-6H3,(H,37,42)(H,38,43)(H,39,41)(H3,35,36,45)/t27-,29-/m0/s1. The minimum atomic E-state index is -0.955. The number of benzene rings is 1. The van der Waals surface area contributed by atoms with Crippen molar-refractivity contribution < 1.29 is 33.5 Å². The van der Waals surface area contributed by atoms with Crippen LogP contribution in [0, 0.1) is 11.3 Å². The molecule has 0 fully saturated rings. The van der Waals surface area contributed by atoms with Crippen LogP contribution in [-0.4, -0.2) is 54.1 Å². The van der Waals surface area contributed by atoms with E-state index < -0.39 is 35.3 Å². The Labute approximate surface area is 273 Å². The monoisotopic (exact) mass is 645 g/mol. The summed E-state index contributed by atoms with van der Waals surface area (Å²) in [4.78, 5) is 74.1. The lowest BCUT2D eigenvalue weighted by molar-refractivity contribution is -0.154. The zero-order valence-corrected chi connectivity index (χ0v) is 28.5. The van der Waals surface area contributed by atoms with Gasteiger partial charge in [0, 0.05) is 31.5 Å². The van der Waals surface area contributed by atoms with E-state index in [0.717, 1.165) is 31.2 Å². The van der Waals surface area contributed by atoms with Gasteiger partial charge in [0.15, 0.2) is 0 Å². The number of anilines is 1. The second kappa shape index (κ2) is 21.0. The van der Waals surface area contributed by atoms with Crippen molar-refractivity contribution in [3.63, 3.8) is 0 Å². The van der Waals surface area contributed by atoms with E-state index in [2.05, 4.69) is 21.3 Å². The van der Waals surface area contributed by atoms with E-state index in [1.54, 1.807) is 45.0 Å². The zero-order chi connectivity index (χ0) is 34.7. The molecule has 6 N–H and O–H groups in total. The van der Waals surface area contributed by atoms with Gasteiger partial charge in [-0.15, -0.1) is 0 Å². The first-order valence-electron chi connectivity index (χ1n) is 16.4. The summed E-state index contributed by atoms with van der Waals surface area (Å²) in [6.45, 7) is 11.2. The number of ketones is 1. The third-order valence-corrected chi connectivity index (χ3v) is 7.21. The molecule has 1 aromatic carbocycles. The van der Waals surface area contributed by atoms with Crippen molar-refractivity contribution in [2.75, 3.05) is 11.9 Å². The minimum Gasteiger partial charge on any atom is -0.460 e. The Morgan fingerprint density at radius 2 is 1.46 bits per heavy atom. The summed E-state index contributed by atoms with van der Waals surface area (Å²) < 4.78 is 5.33. The number of primary amides is 1. The predicted octanol–water partition coefficient (Wildman–Crippen LogP) is 4.50. The van der Waals surface area contributed by atoms with Gasteiger partial charge in [0.1, 0.15) is 24.5 Å². The molecule has 5 amide bonds. The van der Waals surface area contributed by atoms with Gasteiger partial charge in [0.05, 0.1) is 5.41 Å². The molecule has 0 aliphatic heterocycles. The number of hydrogen-bond acceptors (Lipinski definition) is 7. The van der Waals surface area contributed by atoms with Crippen LogP contribution in [0.1, 0.15) is 111 Å². The predicted molar refractivity (Wildman–Crippen MR) is 177 cm³/mol. The first kappa shape index (κ1) is 40.1. The molecule has 0 radical (unpaired) electrons. The molecule has 2 atom stereocenters. The Hall–Kier alpha value is -3.96. The number of rotatable bonds is 21. The van der Waals surface area contributed by atoms with Gasteiger partial charge in [-0.25, -0.2) is 4.79 Å². The van der Waals surface area contributed by atoms with Crippen molar-refractivity contribution in [3.05, 3.63) is 29.8 Å². The number of nitrogens with two attached hydrogens (primary N) is 1. The summed E-state index contributed by atoms with van der Waals surface area (Å²) >= 11 is 0. The van der Waals surface area contributed by atoms with Crippen LogP contribution >= 0.6 is 0 Å². The van der Waals surface area contributed by atoms with Crippen LogP contribution in [0.4, 0.5) is 10.5 Å². The number of ether oxygens (including phenoxy) is 1. The molecule has 0 saturated carbocycles. The van der Waals surface area contributed by atoms with Gasteiger partial charge in [0.2, 0.25) is 17.7 Å². The van der Waals surface area contributed by atoms with E-state index in [4.69, 9.17) is 10.5 Å². The van der Waals surface area contributed by atoms with Crippen molar-refractivity contribution >= 4 is 41.2 Å².